The van der Waals surface area contributed by atoms with E-state index in [2.05, 4.69) is 10.6 Å². The van der Waals surface area contributed by atoms with Crippen molar-refractivity contribution < 1.29 is 50.9 Å². The lowest BCUT2D eigenvalue weighted by Crippen LogP contribution is -2.64. The fraction of sp³-hybridized carbons (Fsp3) is 0.432. The molecule has 0 bridgehead atoms. The largest absolute Gasteiger partial charge is 0.480 e. The topological polar surface area (TPSA) is 161 Å². The number of carbonyl (C=O) groups is 3. The van der Waals surface area contributed by atoms with E-state index in [1.54, 1.807) is 20.8 Å². The first-order chi connectivity index (χ1) is 24.5. The smallest absolute Gasteiger partial charge is 0.410 e. The Balaban J connectivity index is 0.000000913. The molecule has 0 unspecified atom stereocenters. The van der Waals surface area contributed by atoms with Gasteiger partial charge in [-0.3, -0.25) is 4.79 Å². The highest BCUT2D eigenvalue weighted by molar-refractivity contribution is 7.89. The lowest BCUT2D eigenvalue weighted by molar-refractivity contribution is -0.174. The Bertz CT molecular complexity index is 1800. The minimum absolute atomic E-state index is 0.141. The first-order valence-electron chi connectivity index (χ1n) is 16.9. The van der Waals surface area contributed by atoms with Crippen molar-refractivity contribution in [3.63, 3.8) is 0 Å². The predicted molar refractivity (Wildman–Crippen MR) is 187 cm³/mol. The van der Waals surface area contributed by atoms with Gasteiger partial charge in [-0.1, -0.05) is 36.8 Å². The number of nitrogens with one attached hydrogen (secondary N) is 2. The number of carboxylic acid groups (broad SMARTS) is 1. The van der Waals surface area contributed by atoms with Crippen LogP contribution < -0.4 is 15.4 Å². The van der Waals surface area contributed by atoms with Crippen molar-refractivity contribution in [2.75, 3.05) is 26.2 Å². The number of alkyl carbamates (subject to hydrolysis) is 1. The highest BCUT2D eigenvalue weighted by atomic mass is 32.2. The standard InChI is InChI=1S/C32H34F2N2O9S.C5H11N/c1-20(43-29(39)31(2,3)4)44-30(40)35-27(28(37)38)16-21-7-5-10-26(15-21)46(41,42)36-18-32(19-36,22-11-13-23(33)14-12-22)45-25-9-6-8-24(34)17-25;1-2-4-6-5-3-1/h5-15,17,20,27H,16,18-19H2,1-4H3,(H,35,40)(H,37,38);6H,1-5H2/t20-,27+;/m1./s1. The summed E-state index contributed by atoms with van der Waals surface area (Å²) in [6.45, 7) is 8.29. The van der Waals surface area contributed by atoms with Crippen LogP contribution >= 0.6 is 0 Å². The lowest BCUT2D eigenvalue weighted by atomic mass is 9.87. The van der Waals surface area contributed by atoms with Gasteiger partial charge in [-0.25, -0.2) is 26.8 Å². The summed E-state index contributed by atoms with van der Waals surface area (Å²) in [7, 11) is -4.13. The second-order valence-electron chi connectivity index (χ2n) is 13.7. The van der Waals surface area contributed by atoms with Crippen molar-refractivity contribution in [3.8, 4) is 5.75 Å². The monoisotopic (exact) mass is 745 g/mol. The molecule has 2 fully saturated rings. The average molecular weight is 746 g/mol. The maximum Gasteiger partial charge on any atom is 0.410 e. The Hall–Kier alpha value is -4.60. The third kappa shape index (κ3) is 11.0. The molecule has 282 valence electrons. The van der Waals surface area contributed by atoms with Crippen LogP contribution in [0.25, 0.3) is 0 Å². The molecule has 0 saturated carbocycles. The molecule has 5 rings (SSSR count). The van der Waals surface area contributed by atoms with E-state index in [1.165, 1.54) is 106 Å². The van der Waals surface area contributed by atoms with Crippen LogP contribution in [-0.2, 0) is 41.1 Å². The molecule has 1 amide bonds. The molecule has 2 aliphatic rings. The Morgan fingerprint density at radius 3 is 2.13 bits per heavy atom. The molecule has 0 aliphatic carbocycles. The van der Waals surface area contributed by atoms with Crippen molar-refractivity contribution in [1.82, 2.24) is 14.9 Å². The number of nitrogens with zero attached hydrogens (tertiary/aromatic N) is 1. The number of ether oxygens (including phenoxy) is 3. The molecule has 2 aliphatic heterocycles. The summed E-state index contributed by atoms with van der Waals surface area (Å²) in [5, 5.41) is 15.2. The van der Waals surface area contributed by atoms with E-state index in [0.717, 1.165) is 10.4 Å². The van der Waals surface area contributed by atoms with Crippen LogP contribution in [0.1, 0.15) is 58.1 Å². The zero-order chi connectivity index (χ0) is 38.1. The molecule has 52 heavy (non-hydrogen) atoms. The molecule has 15 heteroatoms. The van der Waals surface area contributed by atoms with Gasteiger partial charge in [0.25, 0.3) is 0 Å². The van der Waals surface area contributed by atoms with Crippen molar-refractivity contribution in [3.05, 3.63) is 95.6 Å². The number of carboxylic acids is 1. The number of amides is 1. The van der Waals surface area contributed by atoms with Crippen LogP contribution in [0.15, 0.2) is 77.7 Å². The highest BCUT2D eigenvalue weighted by Gasteiger charge is 2.52. The molecule has 3 N–H and O–H groups in total. The quantitative estimate of drug-likeness (QED) is 0.172. The second-order valence-corrected chi connectivity index (χ2v) is 15.6. The zero-order valence-corrected chi connectivity index (χ0v) is 30.4. The Morgan fingerprint density at radius 2 is 1.58 bits per heavy atom. The van der Waals surface area contributed by atoms with Crippen molar-refractivity contribution in [1.29, 1.82) is 0 Å². The van der Waals surface area contributed by atoms with E-state index in [1.807, 2.05) is 0 Å². The van der Waals surface area contributed by atoms with Gasteiger partial charge in [0, 0.05) is 19.4 Å². The van der Waals surface area contributed by atoms with E-state index in [9.17, 15) is 36.7 Å². The molecule has 2 atom stereocenters. The number of hydrogen-bond donors (Lipinski definition) is 3. The number of benzene rings is 3. The minimum atomic E-state index is -4.13. The van der Waals surface area contributed by atoms with E-state index >= 15 is 0 Å². The molecule has 0 spiro atoms. The van der Waals surface area contributed by atoms with Gasteiger partial charge in [0.1, 0.15) is 23.4 Å². The second kappa shape index (κ2) is 17.3. The van der Waals surface area contributed by atoms with Crippen LogP contribution in [0, 0.1) is 17.0 Å². The SMILES string of the molecule is C1CCNCC1.C[C@@H](OC(=O)N[C@@H](Cc1cccc(S(=O)(=O)N2CC(Oc3cccc(F)c3)(c3ccc(F)cc3)C2)c1)C(=O)O)OC(=O)C(C)(C)C. The number of aliphatic carboxylic acids is 1. The summed E-state index contributed by atoms with van der Waals surface area (Å²) < 4.78 is 72.0. The van der Waals surface area contributed by atoms with E-state index < -0.39 is 63.0 Å². The van der Waals surface area contributed by atoms with Crippen LogP contribution in [0.5, 0.6) is 5.75 Å². The molecule has 12 nitrogen and oxygen atoms in total. The molecule has 0 radical (unpaired) electrons. The Labute approximate surface area is 302 Å². The van der Waals surface area contributed by atoms with Gasteiger partial charge in [-0.2, -0.15) is 4.31 Å². The van der Waals surface area contributed by atoms with Gasteiger partial charge in [-0.15, -0.1) is 0 Å². The van der Waals surface area contributed by atoms with Crippen LogP contribution in [0.3, 0.4) is 0 Å². The Kier molecular flexibility index (Phi) is 13.3. The lowest BCUT2D eigenvalue weighted by Gasteiger charge is -2.48. The molecule has 3 aromatic carbocycles. The third-order valence-corrected chi connectivity index (χ3v) is 10.1. The van der Waals surface area contributed by atoms with Gasteiger partial charge in [-0.05, 0) is 94.2 Å². The van der Waals surface area contributed by atoms with Crippen LogP contribution in [-0.4, -0.2) is 74.4 Å². The molecular formula is C37H45F2N3O9S. The van der Waals surface area contributed by atoms with Gasteiger partial charge in [0.15, 0.2) is 5.60 Å². The van der Waals surface area contributed by atoms with E-state index in [-0.39, 0.29) is 35.7 Å². The third-order valence-electron chi connectivity index (χ3n) is 8.27. The van der Waals surface area contributed by atoms with Crippen molar-refractivity contribution >= 4 is 28.1 Å². The number of sulfonamides is 1. The maximum absolute atomic E-state index is 13.9. The molecule has 3 aromatic rings. The van der Waals surface area contributed by atoms with E-state index in [4.69, 9.17) is 14.2 Å². The summed E-state index contributed by atoms with van der Waals surface area (Å²) >= 11 is 0. The van der Waals surface area contributed by atoms with Gasteiger partial charge >= 0.3 is 18.0 Å². The molecule has 2 saturated heterocycles. The molecule has 2 heterocycles. The fourth-order valence-electron chi connectivity index (χ4n) is 5.41. The summed E-state index contributed by atoms with van der Waals surface area (Å²) in [5.41, 5.74) is -1.32. The highest BCUT2D eigenvalue weighted by Crippen LogP contribution is 2.40. The number of carbonyl (C=O) groups excluding carboxylic acids is 2. The Morgan fingerprint density at radius 1 is 0.923 bits per heavy atom. The number of esters is 1. The number of halogens is 2. The predicted octanol–water partition coefficient (Wildman–Crippen LogP) is 5.36. The molecular weight excluding hydrogens is 700 g/mol. The molecule has 0 aromatic heterocycles. The van der Waals surface area contributed by atoms with Crippen LogP contribution in [0.4, 0.5) is 13.6 Å². The summed E-state index contributed by atoms with van der Waals surface area (Å²) in [6.07, 6.45) is 1.47. The summed E-state index contributed by atoms with van der Waals surface area (Å²) in [6, 6.07) is 14.8. The summed E-state index contributed by atoms with van der Waals surface area (Å²) in [5.74, 6) is -2.92. The number of piperidine rings is 1. The van der Waals surface area contributed by atoms with E-state index in [0.29, 0.717) is 5.56 Å². The minimum Gasteiger partial charge on any atom is -0.480 e. The normalized spacial score (nSPS) is 16.9. The fourth-order valence-corrected chi connectivity index (χ4v) is 7.01. The number of hydrogen-bond acceptors (Lipinski definition) is 9. The first-order valence-corrected chi connectivity index (χ1v) is 18.3. The van der Waals surface area contributed by atoms with Gasteiger partial charge < -0.3 is 30.0 Å². The summed E-state index contributed by atoms with van der Waals surface area (Å²) in [4.78, 5) is 36.2. The van der Waals surface area contributed by atoms with Gasteiger partial charge in [0.05, 0.1) is 23.4 Å². The van der Waals surface area contributed by atoms with Gasteiger partial charge in [0.2, 0.25) is 16.3 Å². The average Bonchev–Trinajstić information content (AvgIpc) is 3.07. The zero-order valence-electron chi connectivity index (χ0n) is 29.6. The van der Waals surface area contributed by atoms with Crippen LogP contribution in [0.2, 0.25) is 0 Å². The maximum atomic E-state index is 13.9. The number of rotatable bonds is 11. The van der Waals surface area contributed by atoms with Crippen molar-refractivity contribution in [2.45, 2.75) is 76.2 Å². The van der Waals surface area contributed by atoms with Crippen molar-refractivity contribution in [2.24, 2.45) is 5.41 Å². The first kappa shape index (κ1) is 40.2.